The van der Waals surface area contributed by atoms with Gasteiger partial charge < -0.3 is 9.73 Å². The molecule has 1 aromatic heterocycles. The number of nitrogens with one attached hydrogen (secondary N) is 2. The van der Waals surface area contributed by atoms with E-state index in [0.717, 1.165) is 18.5 Å². The zero-order valence-corrected chi connectivity index (χ0v) is 13.6. The Bertz CT molecular complexity index is 742. The molecule has 2 aromatic rings. The molecule has 7 heteroatoms. The van der Waals surface area contributed by atoms with Crippen LogP contribution in [0.3, 0.4) is 0 Å². The summed E-state index contributed by atoms with van der Waals surface area (Å²) in [6, 6.07) is 11.0. The third-order valence-corrected chi connectivity index (χ3v) is 5.23. The van der Waals surface area contributed by atoms with Crippen LogP contribution in [-0.2, 0) is 16.4 Å². The molecule has 0 radical (unpaired) electrons. The standard InChI is InChI=1S/C14H15BrN2O3S/c15-13-5-6-14(20-13)21(18,19)17-9-12-11-4-2-1-3-10(11)7-8-16-12/h1-6,12,16-17H,7-9H2. The van der Waals surface area contributed by atoms with Crippen molar-refractivity contribution in [3.63, 3.8) is 0 Å². The van der Waals surface area contributed by atoms with E-state index in [4.69, 9.17) is 4.42 Å². The number of benzene rings is 1. The predicted molar refractivity (Wildman–Crippen MR) is 82.5 cm³/mol. The van der Waals surface area contributed by atoms with E-state index in [1.165, 1.54) is 11.6 Å². The van der Waals surface area contributed by atoms with Crippen molar-refractivity contribution in [1.29, 1.82) is 0 Å². The number of rotatable bonds is 4. The summed E-state index contributed by atoms with van der Waals surface area (Å²) in [4.78, 5) is 0. The molecule has 2 heterocycles. The van der Waals surface area contributed by atoms with E-state index in [1.807, 2.05) is 18.2 Å². The van der Waals surface area contributed by atoms with E-state index in [2.05, 4.69) is 32.0 Å². The lowest BCUT2D eigenvalue weighted by molar-refractivity contribution is 0.424. The molecule has 5 nitrogen and oxygen atoms in total. The smallest absolute Gasteiger partial charge is 0.274 e. The minimum Gasteiger partial charge on any atom is -0.437 e. The van der Waals surface area contributed by atoms with Crippen LogP contribution in [0.25, 0.3) is 0 Å². The van der Waals surface area contributed by atoms with E-state index < -0.39 is 10.0 Å². The summed E-state index contributed by atoms with van der Waals surface area (Å²) >= 11 is 3.10. The molecule has 0 spiro atoms. The van der Waals surface area contributed by atoms with E-state index in [1.54, 1.807) is 6.07 Å². The van der Waals surface area contributed by atoms with Gasteiger partial charge in [-0.2, -0.15) is 0 Å². The molecule has 21 heavy (non-hydrogen) atoms. The molecule has 1 atom stereocenters. The second kappa shape index (κ2) is 5.92. The maximum atomic E-state index is 12.1. The van der Waals surface area contributed by atoms with Crippen molar-refractivity contribution < 1.29 is 12.8 Å². The van der Waals surface area contributed by atoms with Crippen LogP contribution in [0.2, 0.25) is 0 Å². The van der Waals surface area contributed by atoms with Crippen molar-refractivity contribution in [3.05, 3.63) is 52.2 Å². The van der Waals surface area contributed by atoms with Gasteiger partial charge in [-0.25, -0.2) is 13.1 Å². The van der Waals surface area contributed by atoms with Crippen LogP contribution in [-0.4, -0.2) is 21.5 Å². The molecule has 112 valence electrons. The first-order valence-electron chi connectivity index (χ1n) is 6.62. The van der Waals surface area contributed by atoms with Gasteiger partial charge in [0.2, 0.25) is 5.09 Å². The summed E-state index contributed by atoms with van der Waals surface area (Å²) < 4.78 is 32.4. The summed E-state index contributed by atoms with van der Waals surface area (Å²) in [5.41, 5.74) is 2.41. The van der Waals surface area contributed by atoms with Gasteiger partial charge in [0.25, 0.3) is 10.0 Å². The first-order chi connectivity index (χ1) is 10.1. The first kappa shape index (κ1) is 14.8. The number of fused-ring (bicyclic) bond motifs is 1. The van der Waals surface area contributed by atoms with E-state index in [9.17, 15) is 8.42 Å². The van der Waals surface area contributed by atoms with Crippen molar-refractivity contribution in [2.24, 2.45) is 0 Å². The summed E-state index contributed by atoms with van der Waals surface area (Å²) in [5.74, 6) is 0. The van der Waals surface area contributed by atoms with E-state index in [0.29, 0.717) is 4.67 Å². The SMILES string of the molecule is O=S(=O)(NCC1NCCc2ccccc21)c1ccc(Br)o1. The highest BCUT2D eigenvalue weighted by Gasteiger charge is 2.23. The lowest BCUT2D eigenvalue weighted by atomic mass is 9.95. The second-order valence-electron chi connectivity index (χ2n) is 4.87. The lowest BCUT2D eigenvalue weighted by Crippen LogP contribution is -2.38. The zero-order chi connectivity index (χ0) is 14.9. The molecule has 0 amide bonds. The van der Waals surface area contributed by atoms with Crippen LogP contribution in [0.1, 0.15) is 17.2 Å². The van der Waals surface area contributed by atoms with Crippen molar-refractivity contribution >= 4 is 26.0 Å². The third kappa shape index (κ3) is 3.21. The van der Waals surface area contributed by atoms with Gasteiger partial charge in [0.15, 0.2) is 4.67 Å². The summed E-state index contributed by atoms with van der Waals surface area (Å²) in [7, 11) is -3.63. The second-order valence-corrected chi connectivity index (χ2v) is 7.35. The fourth-order valence-corrected chi connectivity index (χ4v) is 3.87. The molecule has 0 fully saturated rings. The summed E-state index contributed by atoms with van der Waals surface area (Å²) in [6.45, 7) is 1.13. The van der Waals surface area contributed by atoms with Crippen LogP contribution in [0.5, 0.6) is 0 Å². The lowest BCUT2D eigenvalue weighted by Gasteiger charge is -2.26. The quantitative estimate of drug-likeness (QED) is 0.865. The molecule has 0 saturated carbocycles. The Labute approximate surface area is 131 Å². The number of halogens is 1. The molecule has 1 unspecified atom stereocenters. The third-order valence-electron chi connectivity index (χ3n) is 3.51. The van der Waals surface area contributed by atoms with Gasteiger partial charge in [-0.3, -0.25) is 0 Å². The normalized spacial score (nSPS) is 18.4. The zero-order valence-electron chi connectivity index (χ0n) is 11.2. The Hall–Kier alpha value is -1.15. The average molecular weight is 371 g/mol. The fraction of sp³-hybridized carbons (Fsp3) is 0.286. The maximum Gasteiger partial charge on any atom is 0.274 e. The average Bonchev–Trinajstić information content (AvgIpc) is 2.93. The van der Waals surface area contributed by atoms with Crippen molar-refractivity contribution in [2.75, 3.05) is 13.1 Å². The highest BCUT2D eigenvalue weighted by molar-refractivity contribution is 9.10. The Morgan fingerprint density at radius 1 is 1.29 bits per heavy atom. The van der Waals surface area contributed by atoms with Gasteiger partial charge in [0.05, 0.1) is 0 Å². The number of sulfonamides is 1. The topological polar surface area (TPSA) is 71.3 Å². The number of hydrogen-bond acceptors (Lipinski definition) is 4. The summed E-state index contributed by atoms with van der Waals surface area (Å²) in [5, 5.41) is 3.25. The summed E-state index contributed by atoms with van der Waals surface area (Å²) in [6.07, 6.45) is 0.963. The van der Waals surface area contributed by atoms with Crippen molar-refractivity contribution in [2.45, 2.75) is 17.6 Å². The van der Waals surface area contributed by atoms with Gasteiger partial charge in [0, 0.05) is 12.6 Å². The minimum absolute atomic E-state index is 0.0249. The van der Waals surface area contributed by atoms with Crippen LogP contribution < -0.4 is 10.0 Å². The Kier molecular flexibility index (Phi) is 4.17. The highest BCUT2D eigenvalue weighted by Crippen LogP contribution is 2.23. The molecule has 0 saturated heterocycles. The maximum absolute atomic E-state index is 12.1. The molecule has 2 N–H and O–H groups in total. The van der Waals surface area contributed by atoms with Gasteiger partial charge in [-0.05, 0) is 52.2 Å². The Morgan fingerprint density at radius 2 is 2.10 bits per heavy atom. The monoisotopic (exact) mass is 370 g/mol. The molecule has 1 aliphatic rings. The van der Waals surface area contributed by atoms with Gasteiger partial charge in [-0.1, -0.05) is 24.3 Å². The fourth-order valence-electron chi connectivity index (χ4n) is 2.48. The number of furan rings is 1. The van der Waals surface area contributed by atoms with Crippen LogP contribution in [0.4, 0.5) is 0 Å². The highest BCUT2D eigenvalue weighted by atomic mass is 79.9. The molecular formula is C14H15BrN2O3S. The molecule has 0 bridgehead atoms. The molecule has 1 aromatic carbocycles. The van der Waals surface area contributed by atoms with Crippen molar-refractivity contribution in [1.82, 2.24) is 10.0 Å². The van der Waals surface area contributed by atoms with Gasteiger partial charge in [-0.15, -0.1) is 0 Å². The van der Waals surface area contributed by atoms with Crippen LogP contribution in [0, 0.1) is 0 Å². The Balaban J connectivity index is 1.74. The molecule has 3 rings (SSSR count). The molecule has 0 aliphatic carbocycles. The van der Waals surface area contributed by atoms with Crippen LogP contribution >= 0.6 is 15.9 Å². The van der Waals surface area contributed by atoms with Gasteiger partial charge in [0.1, 0.15) is 0 Å². The molecule has 1 aliphatic heterocycles. The largest absolute Gasteiger partial charge is 0.437 e. The first-order valence-corrected chi connectivity index (χ1v) is 8.90. The predicted octanol–water partition coefficient (Wildman–Crippen LogP) is 2.21. The minimum atomic E-state index is -3.63. The van der Waals surface area contributed by atoms with E-state index >= 15 is 0 Å². The molecular weight excluding hydrogens is 356 g/mol. The number of hydrogen-bond donors (Lipinski definition) is 2. The Morgan fingerprint density at radius 3 is 2.86 bits per heavy atom. The van der Waals surface area contributed by atoms with Crippen molar-refractivity contribution in [3.8, 4) is 0 Å². The van der Waals surface area contributed by atoms with Crippen LogP contribution in [0.15, 0.2) is 50.6 Å². The van der Waals surface area contributed by atoms with Gasteiger partial charge >= 0.3 is 0 Å². The van der Waals surface area contributed by atoms with E-state index in [-0.39, 0.29) is 17.7 Å².